The monoisotopic (exact) mass is 420 g/mol. The molecule has 1 unspecified atom stereocenters. The smallest absolute Gasteiger partial charge is 0.251 e. The Labute approximate surface area is 175 Å². The van der Waals surface area contributed by atoms with Gasteiger partial charge in [0.2, 0.25) is 5.91 Å². The van der Waals surface area contributed by atoms with Gasteiger partial charge in [-0.15, -0.1) is 0 Å². The van der Waals surface area contributed by atoms with Gasteiger partial charge < -0.3 is 15.4 Å². The molecule has 0 fully saturated rings. The first kappa shape index (κ1) is 22.1. The summed E-state index contributed by atoms with van der Waals surface area (Å²) in [6.45, 7) is 2.60. The summed E-state index contributed by atoms with van der Waals surface area (Å²) in [5.74, 6) is 0.996. The standard InChI is InChI=1S/C21H25ClN2O3S/c1-15-4-3-5-16(14-15)20(25)24-19(10-13-28-2)21(26)23-11-12-27-18-8-6-17(22)7-9-18/h3-9,14,19H,10-13H2,1-2H3,(H,23,26)(H,24,25). The lowest BCUT2D eigenvalue weighted by molar-refractivity contribution is -0.123. The van der Waals surface area contributed by atoms with E-state index in [1.807, 2.05) is 25.3 Å². The number of carbonyl (C=O) groups is 2. The summed E-state index contributed by atoms with van der Waals surface area (Å²) >= 11 is 7.47. The molecule has 0 heterocycles. The Morgan fingerprint density at radius 3 is 2.61 bits per heavy atom. The van der Waals surface area contributed by atoms with Gasteiger partial charge in [-0.3, -0.25) is 9.59 Å². The molecule has 2 amide bonds. The van der Waals surface area contributed by atoms with Crippen LogP contribution in [0.3, 0.4) is 0 Å². The van der Waals surface area contributed by atoms with Crippen molar-refractivity contribution < 1.29 is 14.3 Å². The summed E-state index contributed by atoms with van der Waals surface area (Å²) in [4.78, 5) is 25.0. The maximum atomic E-state index is 12.5. The van der Waals surface area contributed by atoms with E-state index in [0.717, 1.165) is 11.3 Å². The van der Waals surface area contributed by atoms with Gasteiger partial charge in [0, 0.05) is 10.6 Å². The Morgan fingerprint density at radius 2 is 1.93 bits per heavy atom. The maximum absolute atomic E-state index is 12.5. The first-order valence-electron chi connectivity index (χ1n) is 9.02. The first-order chi connectivity index (χ1) is 13.5. The van der Waals surface area contributed by atoms with Crippen molar-refractivity contribution in [3.05, 3.63) is 64.7 Å². The third kappa shape index (κ3) is 7.44. The lowest BCUT2D eigenvalue weighted by Gasteiger charge is -2.18. The number of thioether (sulfide) groups is 1. The van der Waals surface area contributed by atoms with E-state index >= 15 is 0 Å². The molecule has 0 saturated carbocycles. The van der Waals surface area contributed by atoms with Crippen LogP contribution in [0.2, 0.25) is 5.02 Å². The number of rotatable bonds is 10. The second-order valence-electron chi connectivity index (χ2n) is 6.27. The molecular formula is C21H25ClN2O3S. The van der Waals surface area contributed by atoms with Crippen molar-refractivity contribution in [2.24, 2.45) is 0 Å². The summed E-state index contributed by atoms with van der Waals surface area (Å²) in [5.41, 5.74) is 1.55. The minimum absolute atomic E-state index is 0.213. The second-order valence-corrected chi connectivity index (χ2v) is 7.69. The Morgan fingerprint density at radius 1 is 1.18 bits per heavy atom. The number of carbonyl (C=O) groups excluding carboxylic acids is 2. The number of hydrogen-bond acceptors (Lipinski definition) is 4. The summed E-state index contributed by atoms with van der Waals surface area (Å²) < 4.78 is 5.57. The number of benzene rings is 2. The molecule has 0 aliphatic rings. The van der Waals surface area contributed by atoms with Crippen molar-refractivity contribution in [1.82, 2.24) is 10.6 Å². The van der Waals surface area contributed by atoms with Crippen LogP contribution in [-0.4, -0.2) is 43.0 Å². The van der Waals surface area contributed by atoms with Crippen LogP contribution < -0.4 is 15.4 Å². The number of nitrogens with one attached hydrogen (secondary N) is 2. The van der Waals surface area contributed by atoms with E-state index in [0.29, 0.717) is 35.9 Å². The minimum Gasteiger partial charge on any atom is -0.492 e. The largest absolute Gasteiger partial charge is 0.492 e. The van der Waals surface area contributed by atoms with E-state index in [9.17, 15) is 9.59 Å². The molecule has 0 aliphatic heterocycles. The number of aryl methyl sites for hydroxylation is 1. The van der Waals surface area contributed by atoms with Gasteiger partial charge in [-0.2, -0.15) is 11.8 Å². The van der Waals surface area contributed by atoms with Crippen LogP contribution >= 0.6 is 23.4 Å². The van der Waals surface area contributed by atoms with Gasteiger partial charge in [0.25, 0.3) is 5.91 Å². The zero-order valence-electron chi connectivity index (χ0n) is 16.0. The molecule has 0 spiro atoms. The van der Waals surface area contributed by atoms with E-state index in [4.69, 9.17) is 16.3 Å². The van der Waals surface area contributed by atoms with Crippen molar-refractivity contribution in [2.45, 2.75) is 19.4 Å². The van der Waals surface area contributed by atoms with Crippen LogP contribution in [0.15, 0.2) is 48.5 Å². The predicted octanol–water partition coefficient (Wildman–Crippen LogP) is 3.70. The molecule has 2 aromatic carbocycles. The van der Waals surface area contributed by atoms with E-state index < -0.39 is 6.04 Å². The van der Waals surface area contributed by atoms with Crippen LogP contribution in [0.25, 0.3) is 0 Å². The number of halogens is 1. The normalized spacial score (nSPS) is 11.5. The highest BCUT2D eigenvalue weighted by Gasteiger charge is 2.20. The molecule has 7 heteroatoms. The van der Waals surface area contributed by atoms with Gasteiger partial charge in [-0.05, 0) is 61.8 Å². The Bertz CT molecular complexity index is 783. The van der Waals surface area contributed by atoms with Crippen LogP contribution in [0.4, 0.5) is 0 Å². The summed E-state index contributed by atoms with van der Waals surface area (Å²) in [5, 5.41) is 6.31. The van der Waals surface area contributed by atoms with Crippen molar-refractivity contribution >= 4 is 35.2 Å². The van der Waals surface area contributed by atoms with E-state index in [2.05, 4.69) is 10.6 Å². The zero-order valence-corrected chi connectivity index (χ0v) is 17.6. The highest BCUT2D eigenvalue weighted by molar-refractivity contribution is 7.98. The molecule has 2 rings (SSSR count). The summed E-state index contributed by atoms with van der Waals surface area (Å²) in [7, 11) is 0. The molecule has 0 radical (unpaired) electrons. The number of amides is 2. The van der Waals surface area contributed by atoms with Crippen molar-refractivity contribution in [2.75, 3.05) is 25.2 Å². The quantitative estimate of drug-likeness (QED) is 0.575. The lowest BCUT2D eigenvalue weighted by Crippen LogP contribution is -2.47. The fourth-order valence-electron chi connectivity index (χ4n) is 2.53. The maximum Gasteiger partial charge on any atom is 0.251 e. The Balaban J connectivity index is 1.85. The van der Waals surface area contributed by atoms with Crippen molar-refractivity contribution in [1.29, 1.82) is 0 Å². The van der Waals surface area contributed by atoms with Gasteiger partial charge in [-0.25, -0.2) is 0 Å². The Hall–Kier alpha value is -2.18. The van der Waals surface area contributed by atoms with Crippen molar-refractivity contribution in [3.8, 4) is 5.75 Å². The molecule has 150 valence electrons. The fourth-order valence-corrected chi connectivity index (χ4v) is 3.13. The minimum atomic E-state index is -0.587. The predicted molar refractivity (Wildman–Crippen MR) is 115 cm³/mol. The van der Waals surface area contributed by atoms with Gasteiger partial charge >= 0.3 is 0 Å². The van der Waals surface area contributed by atoms with E-state index in [1.165, 1.54) is 0 Å². The SMILES string of the molecule is CSCCC(NC(=O)c1cccc(C)c1)C(=O)NCCOc1ccc(Cl)cc1. The van der Waals surface area contributed by atoms with Crippen LogP contribution in [0.5, 0.6) is 5.75 Å². The fraction of sp³-hybridized carbons (Fsp3) is 0.333. The molecular weight excluding hydrogens is 396 g/mol. The van der Waals surface area contributed by atoms with Crippen molar-refractivity contribution in [3.63, 3.8) is 0 Å². The average Bonchev–Trinajstić information content (AvgIpc) is 2.69. The molecule has 28 heavy (non-hydrogen) atoms. The number of ether oxygens (including phenoxy) is 1. The van der Waals surface area contributed by atoms with Gasteiger partial charge in [-0.1, -0.05) is 29.3 Å². The van der Waals surface area contributed by atoms with E-state index in [-0.39, 0.29) is 11.8 Å². The van der Waals surface area contributed by atoms with Gasteiger partial charge in [0.05, 0.1) is 6.54 Å². The second kappa shape index (κ2) is 11.6. The molecule has 1 atom stereocenters. The summed E-state index contributed by atoms with van der Waals surface area (Å²) in [6.07, 6.45) is 2.53. The third-order valence-electron chi connectivity index (χ3n) is 4.00. The summed E-state index contributed by atoms with van der Waals surface area (Å²) in [6, 6.07) is 13.7. The molecule has 0 aliphatic carbocycles. The van der Waals surface area contributed by atoms with E-state index in [1.54, 1.807) is 48.2 Å². The molecule has 2 aromatic rings. The molecule has 2 N–H and O–H groups in total. The molecule has 0 bridgehead atoms. The first-order valence-corrected chi connectivity index (χ1v) is 10.8. The third-order valence-corrected chi connectivity index (χ3v) is 4.89. The molecule has 5 nitrogen and oxygen atoms in total. The van der Waals surface area contributed by atoms with Crippen LogP contribution in [-0.2, 0) is 4.79 Å². The molecule has 0 saturated heterocycles. The Kier molecular flexibility index (Phi) is 9.17. The molecule has 0 aromatic heterocycles. The van der Waals surface area contributed by atoms with Crippen LogP contribution in [0, 0.1) is 6.92 Å². The topological polar surface area (TPSA) is 67.4 Å². The number of hydrogen-bond donors (Lipinski definition) is 2. The van der Waals surface area contributed by atoms with Crippen LogP contribution in [0.1, 0.15) is 22.3 Å². The average molecular weight is 421 g/mol. The zero-order chi connectivity index (χ0) is 20.4. The highest BCUT2D eigenvalue weighted by Crippen LogP contribution is 2.15. The highest BCUT2D eigenvalue weighted by atomic mass is 35.5. The van der Waals surface area contributed by atoms with Gasteiger partial charge in [0.1, 0.15) is 18.4 Å². The van der Waals surface area contributed by atoms with Gasteiger partial charge in [0.15, 0.2) is 0 Å². The lowest BCUT2D eigenvalue weighted by atomic mass is 10.1.